The normalized spacial score (nSPS) is 13.9. The fourth-order valence-corrected chi connectivity index (χ4v) is 21.1. The van der Waals surface area contributed by atoms with E-state index in [1.807, 2.05) is 139 Å². The summed E-state index contributed by atoms with van der Waals surface area (Å²) in [7, 11) is -6.86. The van der Waals surface area contributed by atoms with E-state index >= 15 is 0 Å². The van der Waals surface area contributed by atoms with Crippen LogP contribution in [0.4, 0.5) is 0 Å². The van der Waals surface area contributed by atoms with Crippen molar-refractivity contribution in [3.05, 3.63) is 119 Å². The second kappa shape index (κ2) is 53.2. The zero-order valence-corrected chi connectivity index (χ0v) is 67.2. The molecule has 1 aliphatic rings. The van der Waals surface area contributed by atoms with Crippen molar-refractivity contribution in [2.24, 2.45) is 0 Å². The molecule has 1 aliphatic heterocycles. The Bertz CT molecular complexity index is 2400. The van der Waals surface area contributed by atoms with E-state index in [2.05, 4.69) is 69.3 Å². The molecule has 2 atom stereocenters. The van der Waals surface area contributed by atoms with E-state index in [0.29, 0.717) is 79.3 Å². The Morgan fingerprint density at radius 2 is 0.680 bits per heavy atom. The fourth-order valence-electron chi connectivity index (χ4n) is 10.7. The third-order valence-corrected chi connectivity index (χ3v) is 27.3. The molecule has 97 heavy (non-hydrogen) atoms. The summed E-state index contributed by atoms with van der Waals surface area (Å²) in [5, 5.41) is 0. The summed E-state index contributed by atoms with van der Waals surface area (Å²) in [6.07, 6.45) is 10.8. The highest BCUT2D eigenvalue weighted by atomic mass is 28.4. The van der Waals surface area contributed by atoms with Crippen LogP contribution in [0.1, 0.15) is 178 Å². The Morgan fingerprint density at radius 1 is 0.392 bits per heavy atom. The van der Waals surface area contributed by atoms with Crippen molar-refractivity contribution in [1.82, 2.24) is 0 Å². The van der Waals surface area contributed by atoms with Crippen LogP contribution in [-0.2, 0) is 93.0 Å². The van der Waals surface area contributed by atoms with Crippen LogP contribution < -0.4 is 18.9 Å². The first-order valence-corrected chi connectivity index (χ1v) is 43.9. The van der Waals surface area contributed by atoms with Gasteiger partial charge >= 0.3 is 35.2 Å². The molecule has 0 aliphatic carbocycles. The number of benzene rings is 4. The molecule has 4 aromatic carbocycles. The first-order chi connectivity index (χ1) is 46.8. The van der Waals surface area contributed by atoms with E-state index in [0.717, 1.165) is 118 Å². The zero-order chi connectivity index (χ0) is 71.5. The Balaban J connectivity index is 0.000000441. The topological polar surface area (TPSA) is 175 Å². The quantitative estimate of drug-likeness (QED) is 0.0301. The van der Waals surface area contributed by atoms with Crippen molar-refractivity contribution in [2.45, 2.75) is 224 Å². The smallest absolute Gasteiger partial charge is 0.488 e. The van der Waals surface area contributed by atoms with Crippen LogP contribution in [0.25, 0.3) is 0 Å². The summed E-state index contributed by atoms with van der Waals surface area (Å²) < 4.78 is 109. The van der Waals surface area contributed by atoms with Gasteiger partial charge in [0.25, 0.3) is 0 Å². The molecule has 1 heterocycles. The lowest BCUT2D eigenvalue weighted by Gasteiger charge is -2.28. The molecule has 2 unspecified atom stereocenters. The van der Waals surface area contributed by atoms with Gasteiger partial charge in [-0.15, -0.1) is 0 Å². The lowest BCUT2D eigenvalue weighted by molar-refractivity contribution is -0.105. The number of methoxy groups -OCH3 is 2. The summed E-state index contributed by atoms with van der Waals surface area (Å²) >= 11 is 0. The molecule has 0 radical (unpaired) electrons. The Labute approximate surface area is 591 Å². The molecule has 0 aromatic heterocycles. The third-order valence-electron chi connectivity index (χ3n) is 14.7. The Morgan fingerprint density at radius 3 is 0.938 bits per heavy atom. The molecule has 0 N–H and O–H groups in total. The third kappa shape index (κ3) is 38.8. The maximum Gasteiger partial charge on any atom is 0.500 e. The van der Waals surface area contributed by atoms with Crippen molar-refractivity contribution in [3.8, 4) is 23.0 Å². The van der Waals surface area contributed by atoms with Gasteiger partial charge in [0, 0.05) is 124 Å². The van der Waals surface area contributed by atoms with E-state index in [1.54, 1.807) is 14.2 Å². The van der Waals surface area contributed by atoms with E-state index in [1.165, 1.54) is 28.7 Å². The summed E-state index contributed by atoms with van der Waals surface area (Å²) in [6.45, 7) is 40.5. The van der Waals surface area contributed by atoms with Gasteiger partial charge in [0.05, 0.1) is 6.61 Å². The van der Waals surface area contributed by atoms with Gasteiger partial charge in [0.15, 0.2) is 19.4 Å². The first kappa shape index (κ1) is 89.4. The largest absolute Gasteiger partial charge is 0.500 e. The van der Waals surface area contributed by atoms with Gasteiger partial charge in [-0.25, -0.2) is 0 Å². The van der Waals surface area contributed by atoms with E-state index in [4.69, 9.17) is 86.3 Å². The zero-order valence-electron chi connectivity index (χ0n) is 63.2. The minimum atomic E-state index is -2.53. The molecule has 0 bridgehead atoms. The molecule has 0 spiro atoms. The van der Waals surface area contributed by atoms with Gasteiger partial charge in [-0.3, -0.25) is 0 Å². The summed E-state index contributed by atoms with van der Waals surface area (Å²) in [5.41, 5.74) is 4.94. The monoisotopic (exact) mass is 1430 g/mol. The number of rotatable bonds is 49. The molecule has 23 heteroatoms. The summed E-state index contributed by atoms with van der Waals surface area (Å²) in [5.74, 6) is 3.42. The lowest BCUT2D eigenvalue weighted by Crippen LogP contribution is -2.46. The minimum Gasteiger partial charge on any atom is -0.488 e. The number of aryl methyl sites for hydroxylation is 4. The average molecular weight is 1440 g/mol. The van der Waals surface area contributed by atoms with Gasteiger partial charge in [-0.05, 0) is 246 Å². The molecule has 1 saturated heterocycles. The highest BCUT2D eigenvalue weighted by Gasteiger charge is 2.42. The standard InChI is InChI=1S/C20H34O5Si.C19H34O4Si.C18H32O5Si.C17H30O5Si/c1-4-22-26(23-5-2,24-6-3)17-9-10-18-12-14-19(15-13-18)25-20-11-7-8-16-21-20;1-7-20-24(21-8-2,22-9-3)16-10-11-17-12-14-18(15-13-17)23-19(4,5)6;1-6-20-24(21-7-2,22-8-3)15-9-10-17-11-13-18(14-12-17)23-16(4)19-5;1-5-20-23(21-6-2,22-7-3)14-8-9-16-10-12-17(13-11-16)19-15-18-4/h12-15,20H,4-11,16-17H2,1-3H3;12-15H,7-11,16H2,1-6H3;11-14,16H,6-10,15H2,1-5H3;10-13H,5-9,14-15H2,1-4H3. The Kier molecular flexibility index (Phi) is 49.1. The van der Waals surface area contributed by atoms with Crippen LogP contribution in [-0.4, -0.2) is 160 Å². The molecule has 1 fully saturated rings. The maximum absolute atomic E-state index is 5.91. The van der Waals surface area contributed by atoms with Gasteiger partial charge in [0.2, 0.25) is 0 Å². The predicted octanol–water partition coefficient (Wildman–Crippen LogP) is 17.1. The minimum absolute atomic E-state index is 0.0928. The second-order valence-corrected chi connectivity index (χ2v) is 34.4. The SMILES string of the molecule is CCO[Si](CCCc1ccc(OC(C)(C)C)cc1)(OCC)OCC.CCO[Si](CCCc1ccc(OC(C)OC)cc1)(OCC)OCC.CCO[Si](CCCc1ccc(OC2CCCCO2)cc1)(OCC)OCC.CCO[Si](CCCc1ccc(OCOC)cc1)(OCC)OCC. The molecular formula is C74H130O19Si4. The molecule has 0 saturated carbocycles. The van der Waals surface area contributed by atoms with E-state index in [-0.39, 0.29) is 25.0 Å². The molecule has 5 rings (SSSR count). The van der Waals surface area contributed by atoms with Crippen LogP contribution >= 0.6 is 0 Å². The second-order valence-electron chi connectivity index (χ2n) is 23.5. The van der Waals surface area contributed by atoms with Crippen LogP contribution in [0, 0.1) is 0 Å². The van der Waals surface area contributed by atoms with Crippen LogP contribution in [0.15, 0.2) is 97.1 Å². The van der Waals surface area contributed by atoms with Crippen molar-refractivity contribution in [2.75, 3.05) is 107 Å². The molecular weight excluding hydrogens is 1310 g/mol. The highest BCUT2D eigenvalue weighted by molar-refractivity contribution is 6.61. The van der Waals surface area contributed by atoms with E-state index in [9.17, 15) is 0 Å². The van der Waals surface area contributed by atoms with Crippen LogP contribution in [0.5, 0.6) is 23.0 Å². The average Bonchev–Trinajstić information content (AvgIpc) is 1.71. The van der Waals surface area contributed by atoms with Gasteiger partial charge in [-0.1, -0.05) is 48.5 Å². The fraction of sp³-hybridized carbons (Fsp3) is 0.676. The molecule has 19 nitrogen and oxygen atoms in total. The number of ether oxygens (including phenoxy) is 7. The van der Waals surface area contributed by atoms with E-state index < -0.39 is 35.2 Å². The molecule has 0 amide bonds. The predicted molar refractivity (Wildman–Crippen MR) is 395 cm³/mol. The molecule has 4 aromatic rings. The summed E-state index contributed by atoms with van der Waals surface area (Å²) in [4.78, 5) is 0. The van der Waals surface area contributed by atoms with Crippen molar-refractivity contribution in [3.63, 3.8) is 0 Å². The highest BCUT2D eigenvalue weighted by Crippen LogP contribution is 2.27. The van der Waals surface area contributed by atoms with Gasteiger partial charge in [-0.2, -0.15) is 0 Å². The van der Waals surface area contributed by atoms with Crippen molar-refractivity contribution in [1.29, 1.82) is 0 Å². The summed E-state index contributed by atoms with van der Waals surface area (Å²) in [6, 6.07) is 36.2. The van der Waals surface area contributed by atoms with Crippen molar-refractivity contribution < 1.29 is 86.3 Å². The van der Waals surface area contributed by atoms with Gasteiger partial charge < -0.3 is 86.3 Å². The number of hydrogen-bond acceptors (Lipinski definition) is 19. The lowest BCUT2D eigenvalue weighted by atomic mass is 10.1. The van der Waals surface area contributed by atoms with Crippen molar-refractivity contribution >= 4 is 35.2 Å². The first-order valence-electron chi connectivity index (χ1n) is 36.1. The Hall–Kier alpha value is -3.65. The van der Waals surface area contributed by atoms with Crippen LogP contribution in [0.3, 0.4) is 0 Å². The molecule has 556 valence electrons. The van der Waals surface area contributed by atoms with Gasteiger partial charge in [0.1, 0.15) is 28.6 Å². The maximum atomic E-state index is 5.91. The number of hydrogen-bond donors (Lipinski definition) is 0. The van der Waals surface area contributed by atoms with Crippen LogP contribution in [0.2, 0.25) is 24.2 Å².